The maximum atomic E-state index is 11.1. The van der Waals surface area contributed by atoms with Crippen molar-refractivity contribution in [1.82, 2.24) is 0 Å². The molecular formula is C4H7F3NO-. The molecule has 0 saturated carbocycles. The fourth-order valence-corrected chi connectivity index (χ4v) is 0.253. The third kappa shape index (κ3) is 7.71. The third-order valence-corrected chi connectivity index (χ3v) is 0.581. The lowest BCUT2D eigenvalue weighted by atomic mass is 10.7. The van der Waals surface area contributed by atoms with Gasteiger partial charge in [-0.1, -0.05) is 0 Å². The van der Waals surface area contributed by atoms with Crippen LogP contribution in [0.1, 0.15) is 0 Å². The highest BCUT2D eigenvalue weighted by molar-refractivity contribution is 4.67. The minimum Gasteiger partial charge on any atom is -0.663 e. The maximum Gasteiger partial charge on any atom is 0.522 e. The monoisotopic (exact) mass is 142 g/mol. The molecule has 0 spiro atoms. The average molecular weight is 142 g/mol. The zero-order valence-electron chi connectivity index (χ0n) is 4.90. The second-order valence-electron chi connectivity index (χ2n) is 1.33. The Morgan fingerprint density at radius 3 is 2.33 bits per heavy atom. The second-order valence-corrected chi connectivity index (χ2v) is 1.33. The van der Waals surface area contributed by atoms with Crippen LogP contribution < -0.4 is 0 Å². The number of alkyl halides is 3. The summed E-state index contributed by atoms with van der Waals surface area (Å²) in [5.41, 5.74) is 0. The van der Waals surface area contributed by atoms with Crippen LogP contribution in [-0.4, -0.2) is 26.6 Å². The summed E-state index contributed by atoms with van der Waals surface area (Å²) in [5.74, 6) is 0. The molecule has 2 nitrogen and oxygen atoms in total. The first-order valence-electron chi connectivity index (χ1n) is 2.32. The lowest BCUT2D eigenvalue weighted by Crippen LogP contribution is -2.15. The minimum absolute atomic E-state index is 0.0828. The number of nitrogens with zero attached hydrogens (tertiary/aromatic N) is 1. The van der Waals surface area contributed by atoms with E-state index in [0.29, 0.717) is 0 Å². The molecule has 0 unspecified atom stereocenters. The van der Waals surface area contributed by atoms with Gasteiger partial charge in [0.1, 0.15) is 0 Å². The van der Waals surface area contributed by atoms with E-state index < -0.39 is 6.36 Å². The maximum absolute atomic E-state index is 11.1. The van der Waals surface area contributed by atoms with Gasteiger partial charge in [-0.3, -0.25) is 4.74 Å². The number of likely N-dealkylation sites (N-methyl/N-ethyl adjacent to an activating group) is 1. The van der Waals surface area contributed by atoms with Crippen molar-refractivity contribution >= 4 is 0 Å². The molecule has 0 fully saturated rings. The van der Waals surface area contributed by atoms with Crippen LogP contribution in [0.3, 0.4) is 0 Å². The van der Waals surface area contributed by atoms with E-state index in [-0.39, 0.29) is 13.2 Å². The number of hydrogen-bond donors (Lipinski definition) is 0. The van der Waals surface area contributed by atoms with Crippen LogP contribution in [-0.2, 0) is 4.74 Å². The third-order valence-electron chi connectivity index (χ3n) is 0.581. The van der Waals surface area contributed by atoms with Gasteiger partial charge in [0.15, 0.2) is 0 Å². The van der Waals surface area contributed by atoms with Crippen LogP contribution in [0.15, 0.2) is 0 Å². The summed E-state index contributed by atoms with van der Waals surface area (Å²) in [6.07, 6.45) is -4.51. The molecular weight excluding hydrogens is 135 g/mol. The van der Waals surface area contributed by atoms with Gasteiger partial charge in [0.25, 0.3) is 0 Å². The predicted octanol–water partition coefficient (Wildman–Crippen LogP) is 1.53. The highest BCUT2D eigenvalue weighted by Crippen LogP contribution is 2.15. The molecule has 0 aromatic rings. The van der Waals surface area contributed by atoms with E-state index in [2.05, 4.69) is 10.1 Å². The van der Waals surface area contributed by atoms with Crippen LogP contribution in [0.4, 0.5) is 13.2 Å². The van der Waals surface area contributed by atoms with Gasteiger partial charge in [-0.25, -0.2) is 0 Å². The Kier molecular flexibility index (Phi) is 3.56. The predicted molar refractivity (Wildman–Crippen MR) is 26.2 cm³/mol. The average Bonchev–Trinajstić information content (AvgIpc) is 1.63. The van der Waals surface area contributed by atoms with E-state index in [0.717, 1.165) is 0 Å². The molecule has 0 heterocycles. The highest BCUT2D eigenvalue weighted by atomic mass is 19.4. The van der Waals surface area contributed by atoms with Gasteiger partial charge in [-0.15, -0.1) is 19.7 Å². The summed E-state index contributed by atoms with van der Waals surface area (Å²) in [6.45, 7) is -0.306. The highest BCUT2D eigenvalue weighted by Gasteiger charge is 2.27. The van der Waals surface area contributed by atoms with Gasteiger partial charge >= 0.3 is 6.36 Å². The Bertz CT molecular complexity index is 72.7. The van der Waals surface area contributed by atoms with Gasteiger partial charge in [0.05, 0.1) is 0 Å². The molecule has 0 saturated heterocycles. The van der Waals surface area contributed by atoms with Gasteiger partial charge in [0.2, 0.25) is 0 Å². The first-order chi connectivity index (χ1) is 4.06. The van der Waals surface area contributed by atoms with E-state index in [1.54, 1.807) is 0 Å². The van der Waals surface area contributed by atoms with Crippen molar-refractivity contribution in [2.75, 3.05) is 20.2 Å². The standard InChI is InChI=1S/C4H7F3NO/c1-8-2-3-9-4(5,6)7/h2-3H2,1H3/q-1. The van der Waals surface area contributed by atoms with Crippen molar-refractivity contribution in [3.05, 3.63) is 5.32 Å². The smallest absolute Gasteiger partial charge is 0.522 e. The van der Waals surface area contributed by atoms with E-state index in [1.165, 1.54) is 7.05 Å². The Labute approximate surface area is 51.0 Å². The molecule has 0 aromatic carbocycles. The topological polar surface area (TPSA) is 23.3 Å². The molecule has 5 heteroatoms. The number of rotatable bonds is 3. The van der Waals surface area contributed by atoms with Gasteiger partial charge in [-0.2, -0.15) is 7.05 Å². The quantitative estimate of drug-likeness (QED) is 0.548. The van der Waals surface area contributed by atoms with Crippen LogP contribution in [0.5, 0.6) is 0 Å². The minimum atomic E-state index is -4.51. The summed E-state index contributed by atoms with van der Waals surface area (Å²) in [6, 6.07) is 0. The van der Waals surface area contributed by atoms with Crippen molar-refractivity contribution in [1.29, 1.82) is 0 Å². The second kappa shape index (κ2) is 3.68. The van der Waals surface area contributed by atoms with Crippen molar-refractivity contribution in [3.8, 4) is 0 Å². The molecule has 0 aromatic heterocycles. The Balaban J connectivity index is 3.07. The molecule has 0 bridgehead atoms. The van der Waals surface area contributed by atoms with Crippen molar-refractivity contribution in [3.63, 3.8) is 0 Å². The number of halogens is 3. The Morgan fingerprint density at radius 1 is 1.44 bits per heavy atom. The van der Waals surface area contributed by atoms with Crippen molar-refractivity contribution < 1.29 is 17.9 Å². The summed E-state index contributed by atoms with van der Waals surface area (Å²) >= 11 is 0. The molecule has 56 valence electrons. The fourth-order valence-electron chi connectivity index (χ4n) is 0.253. The zero-order valence-corrected chi connectivity index (χ0v) is 4.90. The van der Waals surface area contributed by atoms with Crippen LogP contribution >= 0.6 is 0 Å². The number of hydrogen-bond acceptors (Lipinski definition) is 1. The first kappa shape index (κ1) is 8.71. The van der Waals surface area contributed by atoms with E-state index in [9.17, 15) is 13.2 Å². The lowest BCUT2D eigenvalue weighted by molar-refractivity contribution is -0.322. The van der Waals surface area contributed by atoms with Crippen LogP contribution in [0.2, 0.25) is 0 Å². The number of ether oxygens (including phenoxy) is 1. The molecule has 0 atom stereocenters. The Morgan fingerprint density at radius 2 is 2.00 bits per heavy atom. The van der Waals surface area contributed by atoms with E-state index in [4.69, 9.17) is 0 Å². The molecule has 0 aliphatic rings. The molecule has 0 amide bonds. The van der Waals surface area contributed by atoms with Crippen LogP contribution in [0.25, 0.3) is 5.32 Å². The van der Waals surface area contributed by atoms with E-state index >= 15 is 0 Å². The van der Waals surface area contributed by atoms with Gasteiger partial charge in [-0.05, 0) is 0 Å². The normalized spacial score (nSPS) is 12.0. The van der Waals surface area contributed by atoms with E-state index in [1.807, 2.05) is 0 Å². The fraction of sp³-hybridized carbons (Fsp3) is 1.00. The molecule has 0 aliphatic carbocycles. The summed E-state index contributed by atoms with van der Waals surface area (Å²) < 4.78 is 36.7. The van der Waals surface area contributed by atoms with Crippen molar-refractivity contribution in [2.24, 2.45) is 0 Å². The summed E-state index contributed by atoms with van der Waals surface area (Å²) in [7, 11) is 1.43. The van der Waals surface area contributed by atoms with Crippen molar-refractivity contribution in [2.45, 2.75) is 6.36 Å². The Hall–Kier alpha value is -0.290. The zero-order chi connectivity index (χ0) is 7.33. The van der Waals surface area contributed by atoms with Gasteiger partial charge in [0, 0.05) is 6.61 Å². The summed E-state index contributed by atoms with van der Waals surface area (Å²) in [5, 5.41) is 3.41. The molecule has 0 rings (SSSR count). The van der Waals surface area contributed by atoms with Gasteiger partial charge < -0.3 is 5.32 Å². The SMILES string of the molecule is C[N-]CCOC(F)(F)F. The first-order valence-corrected chi connectivity index (χ1v) is 2.32. The molecule has 0 radical (unpaired) electrons. The van der Waals surface area contributed by atoms with Crippen LogP contribution in [0, 0.1) is 0 Å². The lowest BCUT2D eigenvalue weighted by Gasteiger charge is -2.12. The largest absolute Gasteiger partial charge is 0.663 e. The molecule has 9 heavy (non-hydrogen) atoms. The molecule has 0 N–H and O–H groups in total. The summed E-state index contributed by atoms with van der Waals surface area (Å²) in [4.78, 5) is 0. The molecule has 0 aliphatic heterocycles.